The normalized spacial score (nSPS) is 12.4. The Morgan fingerprint density at radius 3 is 2.41 bits per heavy atom. The summed E-state index contributed by atoms with van der Waals surface area (Å²) in [7, 11) is 1.91. The molecule has 0 aliphatic heterocycles. The summed E-state index contributed by atoms with van der Waals surface area (Å²) in [5.41, 5.74) is 2.28. The van der Waals surface area contributed by atoms with E-state index in [1.54, 1.807) is 6.07 Å². The molecule has 2 aromatic rings. The lowest BCUT2D eigenvalue weighted by molar-refractivity contribution is 0.621. The highest BCUT2D eigenvalue weighted by Crippen LogP contribution is 2.26. The minimum absolute atomic E-state index is 0.101. The minimum atomic E-state index is -0.193. The molecule has 0 amide bonds. The first-order valence-electron chi connectivity index (χ1n) is 5.39. The molecule has 0 fully saturated rings. The third-order valence-electron chi connectivity index (χ3n) is 2.70. The van der Waals surface area contributed by atoms with Crippen LogP contribution < -0.4 is 5.32 Å². The lowest BCUT2D eigenvalue weighted by atomic mass is 9.99. The average Bonchev–Trinajstić information content (AvgIpc) is 2.34. The van der Waals surface area contributed by atoms with E-state index in [1.807, 2.05) is 31.3 Å². The van der Waals surface area contributed by atoms with E-state index in [0.717, 1.165) is 9.13 Å². The third-order valence-corrected chi connectivity index (χ3v) is 3.63. The summed E-state index contributed by atoms with van der Waals surface area (Å²) in [5, 5.41) is 3.27. The van der Waals surface area contributed by atoms with Crippen LogP contribution >= 0.6 is 22.6 Å². The van der Waals surface area contributed by atoms with E-state index in [1.165, 1.54) is 11.6 Å². The number of hydrogen-bond acceptors (Lipinski definition) is 1. The van der Waals surface area contributed by atoms with Crippen LogP contribution in [0.4, 0.5) is 4.39 Å². The molecule has 1 nitrogen and oxygen atoms in total. The van der Waals surface area contributed by atoms with Gasteiger partial charge in [-0.15, -0.1) is 0 Å². The molecule has 0 saturated carbocycles. The molecule has 0 heterocycles. The van der Waals surface area contributed by atoms with Crippen LogP contribution in [0.5, 0.6) is 0 Å². The molecule has 0 bridgehead atoms. The van der Waals surface area contributed by atoms with Gasteiger partial charge < -0.3 is 5.32 Å². The zero-order chi connectivity index (χ0) is 12.3. The Morgan fingerprint density at radius 1 is 1.12 bits per heavy atom. The highest BCUT2D eigenvalue weighted by Gasteiger charge is 2.14. The van der Waals surface area contributed by atoms with Crippen LogP contribution in [-0.2, 0) is 0 Å². The molecule has 2 rings (SSSR count). The average molecular weight is 341 g/mol. The molecule has 0 spiro atoms. The van der Waals surface area contributed by atoms with Gasteiger partial charge in [-0.3, -0.25) is 0 Å². The van der Waals surface area contributed by atoms with Crippen LogP contribution in [0.25, 0.3) is 0 Å². The molecule has 1 atom stereocenters. The van der Waals surface area contributed by atoms with Crippen molar-refractivity contribution in [2.24, 2.45) is 0 Å². The van der Waals surface area contributed by atoms with Crippen molar-refractivity contribution in [3.05, 3.63) is 69.0 Å². The number of rotatable bonds is 3. The quantitative estimate of drug-likeness (QED) is 0.839. The Kier molecular flexibility index (Phi) is 4.12. The molecule has 0 aliphatic rings. The van der Waals surface area contributed by atoms with Gasteiger partial charge in [0.1, 0.15) is 5.82 Å². The number of halogens is 2. The summed E-state index contributed by atoms with van der Waals surface area (Å²) in [4.78, 5) is 0. The molecule has 0 aromatic heterocycles. The van der Waals surface area contributed by atoms with Gasteiger partial charge in [0.2, 0.25) is 0 Å². The highest BCUT2D eigenvalue weighted by molar-refractivity contribution is 14.1. The van der Waals surface area contributed by atoms with Crippen molar-refractivity contribution in [3.63, 3.8) is 0 Å². The zero-order valence-electron chi connectivity index (χ0n) is 9.45. The summed E-state index contributed by atoms with van der Waals surface area (Å²) in [6.07, 6.45) is 0. The lowest BCUT2D eigenvalue weighted by Crippen LogP contribution is -2.18. The number of hydrogen-bond donors (Lipinski definition) is 1. The predicted molar refractivity (Wildman–Crippen MR) is 76.5 cm³/mol. The predicted octanol–water partition coefficient (Wildman–Crippen LogP) is 3.74. The summed E-state index contributed by atoms with van der Waals surface area (Å²) >= 11 is 2.17. The first kappa shape index (κ1) is 12.5. The zero-order valence-corrected chi connectivity index (χ0v) is 11.6. The first-order chi connectivity index (χ1) is 8.22. The van der Waals surface area contributed by atoms with E-state index in [9.17, 15) is 4.39 Å². The number of benzene rings is 2. The van der Waals surface area contributed by atoms with E-state index in [2.05, 4.69) is 40.0 Å². The van der Waals surface area contributed by atoms with Gasteiger partial charge in [-0.1, -0.05) is 36.4 Å². The van der Waals surface area contributed by atoms with Gasteiger partial charge in [0.15, 0.2) is 0 Å². The van der Waals surface area contributed by atoms with Crippen LogP contribution in [0.1, 0.15) is 17.2 Å². The van der Waals surface area contributed by atoms with Crippen molar-refractivity contribution in [1.82, 2.24) is 5.32 Å². The van der Waals surface area contributed by atoms with Crippen molar-refractivity contribution in [3.8, 4) is 0 Å². The lowest BCUT2D eigenvalue weighted by Gasteiger charge is -2.18. The summed E-state index contributed by atoms with van der Waals surface area (Å²) in [6, 6.07) is 15.2. The Morgan fingerprint density at radius 2 is 1.82 bits per heavy atom. The molecule has 0 aliphatic carbocycles. The third kappa shape index (κ3) is 2.84. The fourth-order valence-corrected chi connectivity index (χ4v) is 2.67. The second-order valence-electron chi connectivity index (χ2n) is 3.80. The second kappa shape index (κ2) is 5.60. The Bertz CT molecular complexity index is 499. The molecule has 0 saturated heterocycles. The second-order valence-corrected chi connectivity index (χ2v) is 4.96. The molecular weight excluding hydrogens is 328 g/mol. The topological polar surface area (TPSA) is 12.0 Å². The van der Waals surface area contributed by atoms with Crippen molar-refractivity contribution < 1.29 is 4.39 Å². The molecule has 1 unspecified atom stereocenters. The van der Waals surface area contributed by atoms with E-state index < -0.39 is 0 Å². The Balaban J connectivity index is 2.42. The van der Waals surface area contributed by atoms with Crippen LogP contribution in [0.3, 0.4) is 0 Å². The van der Waals surface area contributed by atoms with Gasteiger partial charge in [0.25, 0.3) is 0 Å². The maximum Gasteiger partial charge on any atom is 0.124 e. The Labute approximate surface area is 114 Å². The molecule has 1 N–H and O–H groups in total. The highest BCUT2D eigenvalue weighted by atomic mass is 127. The molecule has 17 heavy (non-hydrogen) atoms. The largest absolute Gasteiger partial charge is 0.309 e. The smallest absolute Gasteiger partial charge is 0.124 e. The van der Waals surface area contributed by atoms with Crippen LogP contribution in [0, 0.1) is 9.39 Å². The van der Waals surface area contributed by atoms with E-state index in [-0.39, 0.29) is 11.9 Å². The molecule has 0 radical (unpaired) electrons. The minimum Gasteiger partial charge on any atom is -0.309 e. The fourth-order valence-electron chi connectivity index (χ4n) is 1.88. The van der Waals surface area contributed by atoms with Crippen LogP contribution in [0.2, 0.25) is 0 Å². The van der Waals surface area contributed by atoms with Crippen molar-refractivity contribution in [1.29, 1.82) is 0 Å². The van der Waals surface area contributed by atoms with Gasteiger partial charge in [-0.25, -0.2) is 4.39 Å². The summed E-state index contributed by atoms with van der Waals surface area (Å²) in [6.45, 7) is 0. The molecule has 2 aromatic carbocycles. The SMILES string of the molecule is CNC(c1ccccc1)c1ccc(F)cc1I. The van der Waals surface area contributed by atoms with E-state index >= 15 is 0 Å². The van der Waals surface area contributed by atoms with Gasteiger partial charge in [0.05, 0.1) is 6.04 Å². The molecule has 88 valence electrons. The monoisotopic (exact) mass is 341 g/mol. The van der Waals surface area contributed by atoms with Crippen molar-refractivity contribution >= 4 is 22.6 Å². The van der Waals surface area contributed by atoms with Crippen LogP contribution in [0.15, 0.2) is 48.5 Å². The van der Waals surface area contributed by atoms with Gasteiger partial charge in [-0.05, 0) is 52.9 Å². The maximum absolute atomic E-state index is 13.1. The van der Waals surface area contributed by atoms with Crippen molar-refractivity contribution in [2.75, 3.05) is 7.05 Å². The molecular formula is C14H13FIN. The van der Waals surface area contributed by atoms with Crippen LogP contribution in [-0.4, -0.2) is 7.05 Å². The van der Waals surface area contributed by atoms with Gasteiger partial charge in [0, 0.05) is 3.57 Å². The molecule has 3 heteroatoms. The van der Waals surface area contributed by atoms with E-state index in [4.69, 9.17) is 0 Å². The fraction of sp³-hybridized carbons (Fsp3) is 0.143. The number of nitrogens with one attached hydrogen (secondary N) is 1. The van der Waals surface area contributed by atoms with Gasteiger partial charge >= 0.3 is 0 Å². The van der Waals surface area contributed by atoms with Crippen molar-refractivity contribution in [2.45, 2.75) is 6.04 Å². The summed E-state index contributed by atoms with van der Waals surface area (Å²) in [5.74, 6) is -0.193. The maximum atomic E-state index is 13.1. The standard InChI is InChI=1S/C14H13FIN/c1-17-14(10-5-3-2-4-6-10)12-8-7-11(15)9-13(12)16/h2-9,14,17H,1H3. The van der Waals surface area contributed by atoms with Gasteiger partial charge in [-0.2, -0.15) is 0 Å². The first-order valence-corrected chi connectivity index (χ1v) is 6.47. The summed E-state index contributed by atoms with van der Waals surface area (Å²) < 4.78 is 14.0. The van der Waals surface area contributed by atoms with E-state index in [0.29, 0.717) is 0 Å². The Hall–Kier alpha value is -0.940.